The Balaban J connectivity index is -0.000000270. The van der Waals surface area contributed by atoms with Gasteiger partial charge in [0.05, 0.1) is 6.04 Å². The predicted molar refractivity (Wildman–Crippen MR) is 82.1 cm³/mol. The first-order valence-electron chi connectivity index (χ1n) is 6.82. The third kappa shape index (κ3) is 17.0. The number of nitrogens with one attached hydrogen (secondary N) is 2. The Morgan fingerprint density at radius 2 is 1.60 bits per heavy atom. The summed E-state index contributed by atoms with van der Waals surface area (Å²) >= 11 is 0. The number of aldehydes is 1. The van der Waals surface area contributed by atoms with E-state index >= 15 is 0 Å². The summed E-state index contributed by atoms with van der Waals surface area (Å²) in [5.41, 5.74) is 0. The van der Waals surface area contributed by atoms with Gasteiger partial charge in [0.2, 0.25) is 0 Å². The maximum Gasteiger partial charge on any atom is 0.267 e. The first kappa shape index (κ1) is 24.0. The van der Waals surface area contributed by atoms with Crippen molar-refractivity contribution >= 4 is 12.2 Å². The molecular weight excluding hydrogens is 261 g/mol. The number of nitrogens with zero attached hydrogens (tertiary/aromatic N) is 1. The second-order valence-corrected chi connectivity index (χ2v) is 5.12. The molecule has 0 spiro atoms. The molecule has 0 aromatic heterocycles. The number of amides is 1. The van der Waals surface area contributed by atoms with Crippen molar-refractivity contribution in [3.8, 4) is 0 Å². The molecule has 0 saturated heterocycles. The van der Waals surface area contributed by atoms with Crippen LogP contribution in [0.3, 0.4) is 0 Å². The number of carbonyl (C=O) groups excluding carboxylic acids is 2. The van der Waals surface area contributed by atoms with Gasteiger partial charge in [-0.3, -0.25) is 4.79 Å². The normalized spacial score (nSPS) is 10.9. The zero-order chi connectivity index (χ0) is 16.7. The van der Waals surface area contributed by atoms with Gasteiger partial charge >= 0.3 is 0 Å². The molecule has 0 radical (unpaired) electrons. The van der Waals surface area contributed by atoms with Crippen LogP contribution in [-0.2, 0) is 9.59 Å². The van der Waals surface area contributed by atoms with Gasteiger partial charge in [-0.1, -0.05) is 32.2 Å². The summed E-state index contributed by atoms with van der Waals surface area (Å²) in [5.74, 6) is 0.107. The molecule has 1 atom stereocenters. The Morgan fingerprint density at radius 3 is 1.65 bits per heavy atom. The van der Waals surface area contributed by atoms with Crippen LogP contribution in [0.4, 0.5) is 4.48 Å². The molecule has 0 aliphatic heterocycles. The highest BCUT2D eigenvalue weighted by molar-refractivity contribution is 5.80. The summed E-state index contributed by atoms with van der Waals surface area (Å²) in [5, 5.41) is 5.61. The monoisotopic (exact) mass is 293 g/mol. The molecule has 2 N–H and O–H groups in total. The predicted octanol–water partition coefficient (Wildman–Crippen LogP) is 1.64. The van der Waals surface area contributed by atoms with Gasteiger partial charge in [0, 0.05) is 13.5 Å². The fourth-order valence-electron chi connectivity index (χ4n) is 1.13. The molecule has 0 bridgehead atoms. The molecule has 1 amide bonds. The molecule has 5 nitrogen and oxygen atoms in total. The average Bonchev–Trinajstić information content (AvgIpc) is 2.30. The van der Waals surface area contributed by atoms with Crippen molar-refractivity contribution in [2.75, 3.05) is 28.2 Å². The standard InChI is InChI=1S/C7H15FN2O.C5H10O.C2H7N/c1-5(2)6(9-3)7(11)10(4)8;1-5(2)3-4-6;1-3-2/h5-6,9H,1-4H3;4-5H,3H2,1-2H3;3H,1-2H3/t6-;;/m0../s1. The van der Waals surface area contributed by atoms with E-state index in [4.69, 9.17) is 0 Å². The SMILES string of the molecule is CC(C)CC=O.CNC.CN[C@H](C(=O)N(C)F)C(C)C. The molecule has 0 aliphatic carbocycles. The highest BCUT2D eigenvalue weighted by atomic mass is 19.2. The van der Waals surface area contributed by atoms with E-state index in [2.05, 4.69) is 10.6 Å². The van der Waals surface area contributed by atoms with E-state index in [1.807, 2.05) is 41.8 Å². The van der Waals surface area contributed by atoms with Crippen molar-refractivity contribution in [1.82, 2.24) is 15.8 Å². The molecule has 0 aromatic rings. The second kappa shape index (κ2) is 16.0. The Hall–Kier alpha value is -1.01. The van der Waals surface area contributed by atoms with Crippen molar-refractivity contribution in [3.63, 3.8) is 0 Å². The molecule has 0 fully saturated rings. The lowest BCUT2D eigenvalue weighted by molar-refractivity contribution is -0.146. The van der Waals surface area contributed by atoms with E-state index in [0.29, 0.717) is 12.3 Å². The number of halogens is 1. The van der Waals surface area contributed by atoms with Crippen molar-refractivity contribution in [1.29, 1.82) is 0 Å². The van der Waals surface area contributed by atoms with Crippen molar-refractivity contribution < 1.29 is 14.1 Å². The Morgan fingerprint density at radius 1 is 1.20 bits per heavy atom. The Bertz CT molecular complexity index is 234. The molecule has 122 valence electrons. The van der Waals surface area contributed by atoms with Crippen LogP contribution in [-0.4, -0.2) is 51.5 Å². The van der Waals surface area contributed by atoms with E-state index < -0.39 is 11.9 Å². The van der Waals surface area contributed by atoms with Gasteiger partial charge < -0.3 is 15.4 Å². The van der Waals surface area contributed by atoms with Gasteiger partial charge in [0.1, 0.15) is 6.29 Å². The van der Waals surface area contributed by atoms with Crippen LogP contribution in [0.25, 0.3) is 0 Å². The molecule has 0 unspecified atom stereocenters. The minimum atomic E-state index is -0.525. The van der Waals surface area contributed by atoms with Crippen LogP contribution in [0.5, 0.6) is 0 Å². The smallest absolute Gasteiger partial charge is 0.267 e. The van der Waals surface area contributed by atoms with Crippen LogP contribution in [0, 0.1) is 11.8 Å². The lowest BCUT2D eigenvalue weighted by Crippen LogP contribution is -2.43. The molecule has 6 heteroatoms. The summed E-state index contributed by atoms with van der Waals surface area (Å²) in [4.78, 5) is 20.6. The minimum Gasteiger partial charge on any atom is -0.323 e. The number of carbonyl (C=O) groups is 2. The highest BCUT2D eigenvalue weighted by Gasteiger charge is 2.23. The van der Waals surface area contributed by atoms with E-state index in [9.17, 15) is 14.1 Å². The summed E-state index contributed by atoms with van der Waals surface area (Å²) in [6.07, 6.45) is 1.64. The summed E-state index contributed by atoms with van der Waals surface area (Å²) in [7, 11) is 6.50. The number of likely N-dealkylation sites (N-methyl/N-ethyl adjacent to an activating group) is 2. The fourth-order valence-corrected chi connectivity index (χ4v) is 1.13. The maximum absolute atomic E-state index is 12.3. The van der Waals surface area contributed by atoms with Gasteiger partial charge in [-0.05, 0) is 33.0 Å². The molecule has 0 heterocycles. The fraction of sp³-hybridized carbons (Fsp3) is 0.857. The van der Waals surface area contributed by atoms with E-state index in [-0.39, 0.29) is 11.0 Å². The third-order valence-electron chi connectivity index (χ3n) is 2.12. The molecule has 0 saturated carbocycles. The number of hydrogen-bond donors (Lipinski definition) is 2. The van der Waals surface area contributed by atoms with Gasteiger partial charge in [-0.25, -0.2) is 0 Å². The molecule has 0 rings (SSSR count). The van der Waals surface area contributed by atoms with Crippen LogP contribution < -0.4 is 10.6 Å². The van der Waals surface area contributed by atoms with E-state index in [1.54, 1.807) is 7.05 Å². The molecule has 20 heavy (non-hydrogen) atoms. The minimum absolute atomic E-state index is 0.102. The van der Waals surface area contributed by atoms with Crippen LogP contribution >= 0.6 is 0 Å². The lowest BCUT2D eigenvalue weighted by Gasteiger charge is -2.19. The largest absolute Gasteiger partial charge is 0.323 e. The highest BCUT2D eigenvalue weighted by Crippen LogP contribution is 2.04. The summed E-state index contributed by atoms with van der Waals surface area (Å²) < 4.78 is 12.3. The van der Waals surface area contributed by atoms with Crippen LogP contribution in [0.15, 0.2) is 0 Å². The number of rotatable bonds is 5. The van der Waals surface area contributed by atoms with E-state index in [0.717, 1.165) is 13.3 Å². The van der Waals surface area contributed by atoms with Gasteiger partial charge in [-0.2, -0.15) is 5.12 Å². The zero-order valence-electron chi connectivity index (χ0n) is 14.2. The third-order valence-corrected chi connectivity index (χ3v) is 2.12. The first-order valence-corrected chi connectivity index (χ1v) is 6.82. The van der Waals surface area contributed by atoms with Crippen LogP contribution in [0.1, 0.15) is 34.1 Å². The topological polar surface area (TPSA) is 61.4 Å². The molecule has 0 aromatic carbocycles. The Labute approximate surface area is 123 Å². The molecular formula is C14H32FN3O2. The number of hydrogen-bond acceptors (Lipinski definition) is 4. The van der Waals surface area contributed by atoms with Crippen molar-refractivity contribution in [2.45, 2.75) is 40.2 Å². The van der Waals surface area contributed by atoms with Crippen molar-refractivity contribution in [2.24, 2.45) is 11.8 Å². The van der Waals surface area contributed by atoms with E-state index in [1.165, 1.54) is 0 Å². The Kier molecular flexibility index (Phi) is 19.3. The summed E-state index contributed by atoms with van der Waals surface area (Å²) in [6, 6.07) is -0.426. The molecule has 0 aliphatic rings. The van der Waals surface area contributed by atoms with Crippen molar-refractivity contribution in [3.05, 3.63) is 0 Å². The maximum atomic E-state index is 12.3. The second-order valence-electron chi connectivity index (χ2n) is 5.12. The van der Waals surface area contributed by atoms with Gasteiger partial charge in [0.25, 0.3) is 5.91 Å². The average molecular weight is 293 g/mol. The lowest BCUT2D eigenvalue weighted by atomic mass is 10.0. The quantitative estimate of drug-likeness (QED) is 0.597. The first-order chi connectivity index (χ1) is 9.19. The van der Waals surface area contributed by atoms with Gasteiger partial charge in [0.15, 0.2) is 0 Å². The van der Waals surface area contributed by atoms with Gasteiger partial charge in [-0.15, -0.1) is 0 Å². The van der Waals surface area contributed by atoms with Crippen LogP contribution in [0.2, 0.25) is 0 Å². The summed E-state index contributed by atoms with van der Waals surface area (Å²) in [6.45, 7) is 7.77. The zero-order valence-corrected chi connectivity index (χ0v) is 14.2.